The van der Waals surface area contributed by atoms with Crippen LogP contribution >= 0.6 is 46.4 Å². The Balaban J connectivity index is 2.63. The van der Waals surface area contributed by atoms with Crippen LogP contribution in [0.15, 0.2) is 54.6 Å². The smallest absolute Gasteiger partial charge is 0.283 e. The standard InChI is InChI=1S/C19H12Cl4O5S/c20-14-4-2-1-3-12(14)19(29(26,27)28,10-5-6-17(25)15(21)7-10)13-8-11(24)9-16(22)18(13)23/h1-9,24-25H,(H,26,27,28). The molecule has 0 aliphatic heterocycles. The van der Waals surface area contributed by atoms with E-state index in [4.69, 9.17) is 46.4 Å². The van der Waals surface area contributed by atoms with Crippen molar-refractivity contribution in [1.82, 2.24) is 0 Å². The molecule has 0 aliphatic carbocycles. The Bertz CT molecular complexity index is 1210. The summed E-state index contributed by atoms with van der Waals surface area (Å²) in [6.45, 7) is 0. The molecule has 1 atom stereocenters. The molecule has 0 aromatic heterocycles. The molecule has 0 amide bonds. The fourth-order valence-electron chi connectivity index (χ4n) is 3.19. The largest absolute Gasteiger partial charge is 0.508 e. The zero-order valence-corrected chi connectivity index (χ0v) is 18.1. The minimum atomic E-state index is -5.07. The third kappa shape index (κ3) is 3.65. The Labute approximate surface area is 186 Å². The summed E-state index contributed by atoms with van der Waals surface area (Å²) in [5.74, 6) is -0.696. The van der Waals surface area contributed by atoms with E-state index in [1.807, 2.05) is 0 Å². The van der Waals surface area contributed by atoms with Crippen LogP contribution in [0.4, 0.5) is 0 Å². The van der Waals surface area contributed by atoms with Crippen LogP contribution in [0.5, 0.6) is 11.5 Å². The molecule has 3 aromatic carbocycles. The number of hydrogen-bond donors (Lipinski definition) is 3. The highest BCUT2D eigenvalue weighted by Gasteiger charge is 2.51. The summed E-state index contributed by atoms with van der Waals surface area (Å²) in [4.78, 5) is 0. The lowest BCUT2D eigenvalue weighted by Crippen LogP contribution is -2.39. The van der Waals surface area contributed by atoms with E-state index in [1.165, 1.54) is 24.3 Å². The van der Waals surface area contributed by atoms with Crippen molar-refractivity contribution in [2.45, 2.75) is 4.75 Å². The minimum absolute atomic E-state index is 0.00939. The van der Waals surface area contributed by atoms with Gasteiger partial charge in [-0.2, -0.15) is 8.42 Å². The van der Waals surface area contributed by atoms with Gasteiger partial charge in [-0.3, -0.25) is 4.55 Å². The van der Waals surface area contributed by atoms with Crippen molar-refractivity contribution < 1.29 is 23.2 Å². The molecule has 152 valence electrons. The van der Waals surface area contributed by atoms with E-state index in [1.54, 1.807) is 6.07 Å². The number of hydrogen-bond acceptors (Lipinski definition) is 4. The topological polar surface area (TPSA) is 94.8 Å². The summed E-state index contributed by atoms with van der Waals surface area (Å²) < 4.78 is 34.1. The highest BCUT2D eigenvalue weighted by Crippen LogP contribution is 2.51. The van der Waals surface area contributed by atoms with Crippen LogP contribution in [-0.2, 0) is 14.9 Å². The molecule has 3 rings (SSSR count). The second-order valence-electron chi connectivity index (χ2n) is 6.09. The van der Waals surface area contributed by atoms with E-state index in [9.17, 15) is 23.2 Å². The van der Waals surface area contributed by atoms with E-state index in [2.05, 4.69) is 0 Å². The molecule has 3 aromatic rings. The van der Waals surface area contributed by atoms with Crippen molar-refractivity contribution in [2.24, 2.45) is 0 Å². The fourth-order valence-corrected chi connectivity index (χ4v) is 5.54. The first kappa shape index (κ1) is 22.0. The van der Waals surface area contributed by atoms with Crippen LogP contribution in [0.2, 0.25) is 20.1 Å². The van der Waals surface area contributed by atoms with Crippen LogP contribution in [0.25, 0.3) is 0 Å². The van der Waals surface area contributed by atoms with Crippen molar-refractivity contribution in [3.63, 3.8) is 0 Å². The Morgan fingerprint density at radius 2 is 1.41 bits per heavy atom. The molecule has 0 fully saturated rings. The molecule has 29 heavy (non-hydrogen) atoms. The Morgan fingerprint density at radius 3 is 2.00 bits per heavy atom. The Hall–Kier alpha value is -1.67. The number of rotatable bonds is 4. The number of benzene rings is 3. The van der Waals surface area contributed by atoms with Crippen LogP contribution in [-0.4, -0.2) is 23.2 Å². The molecule has 0 heterocycles. The molecule has 0 saturated heterocycles. The molecule has 0 bridgehead atoms. The lowest BCUT2D eigenvalue weighted by Gasteiger charge is -2.34. The minimum Gasteiger partial charge on any atom is -0.508 e. The van der Waals surface area contributed by atoms with E-state index in [0.717, 1.165) is 24.3 Å². The molecule has 10 heteroatoms. The number of phenolic OH excluding ortho intramolecular Hbond substituents is 2. The van der Waals surface area contributed by atoms with Gasteiger partial charge in [0, 0.05) is 22.2 Å². The first-order valence-corrected chi connectivity index (χ1v) is 10.8. The van der Waals surface area contributed by atoms with Gasteiger partial charge in [-0.15, -0.1) is 0 Å². The second-order valence-corrected chi connectivity index (χ2v) is 9.25. The third-order valence-corrected chi connectivity index (χ3v) is 7.27. The van der Waals surface area contributed by atoms with Crippen molar-refractivity contribution >= 4 is 56.5 Å². The summed E-state index contributed by atoms with van der Waals surface area (Å²) in [6.07, 6.45) is 0. The first-order valence-electron chi connectivity index (χ1n) is 7.89. The molecule has 1 unspecified atom stereocenters. The number of halogens is 4. The van der Waals surface area contributed by atoms with Crippen LogP contribution < -0.4 is 0 Å². The lowest BCUT2D eigenvalue weighted by atomic mass is 9.83. The van der Waals surface area contributed by atoms with Gasteiger partial charge < -0.3 is 10.2 Å². The normalized spacial score (nSPS) is 13.8. The average Bonchev–Trinajstić information content (AvgIpc) is 2.62. The fraction of sp³-hybridized carbons (Fsp3) is 0.0526. The van der Waals surface area contributed by atoms with E-state index >= 15 is 0 Å². The van der Waals surface area contributed by atoms with Crippen LogP contribution in [0, 0.1) is 0 Å². The molecular weight excluding hydrogens is 482 g/mol. The highest BCUT2D eigenvalue weighted by atomic mass is 35.5. The van der Waals surface area contributed by atoms with Crippen molar-refractivity contribution in [1.29, 1.82) is 0 Å². The summed E-state index contributed by atoms with van der Waals surface area (Å²) in [7, 11) is -5.07. The highest BCUT2D eigenvalue weighted by molar-refractivity contribution is 7.87. The van der Waals surface area contributed by atoms with Crippen molar-refractivity contribution in [3.05, 3.63) is 91.4 Å². The molecule has 0 aliphatic rings. The first-order chi connectivity index (χ1) is 13.5. The van der Waals surface area contributed by atoms with E-state index < -0.39 is 14.9 Å². The SMILES string of the molecule is O=S(=O)(O)C(c1ccc(O)c(Cl)c1)(c1ccccc1Cl)c1cc(O)cc(Cl)c1Cl. The third-order valence-electron chi connectivity index (χ3n) is 4.39. The van der Waals surface area contributed by atoms with Gasteiger partial charge in [0.1, 0.15) is 11.5 Å². The average molecular weight is 494 g/mol. The summed E-state index contributed by atoms with van der Waals surface area (Å²) >= 11 is 24.8. The van der Waals surface area contributed by atoms with Gasteiger partial charge in [0.25, 0.3) is 10.1 Å². The molecule has 0 radical (unpaired) electrons. The zero-order valence-electron chi connectivity index (χ0n) is 14.3. The molecule has 0 spiro atoms. The summed E-state index contributed by atoms with van der Waals surface area (Å²) in [6, 6.07) is 11.6. The number of aromatic hydroxyl groups is 2. The quantitative estimate of drug-likeness (QED) is 0.311. The predicted octanol–water partition coefficient (Wildman–Crippen LogP) is 5.89. The lowest BCUT2D eigenvalue weighted by molar-refractivity contribution is 0.455. The maximum atomic E-state index is 13.0. The number of phenols is 2. The predicted molar refractivity (Wildman–Crippen MR) is 114 cm³/mol. The van der Waals surface area contributed by atoms with Gasteiger partial charge in [-0.25, -0.2) is 0 Å². The van der Waals surface area contributed by atoms with Gasteiger partial charge in [-0.05, 0) is 29.8 Å². The van der Waals surface area contributed by atoms with E-state index in [-0.39, 0.29) is 48.3 Å². The van der Waals surface area contributed by atoms with Gasteiger partial charge >= 0.3 is 0 Å². The summed E-state index contributed by atoms with van der Waals surface area (Å²) in [5.41, 5.74) is -0.393. The van der Waals surface area contributed by atoms with Gasteiger partial charge in [-0.1, -0.05) is 70.7 Å². The molecule has 3 N–H and O–H groups in total. The van der Waals surface area contributed by atoms with Gasteiger partial charge in [0.15, 0.2) is 4.75 Å². The van der Waals surface area contributed by atoms with E-state index in [0.29, 0.717) is 0 Å². The van der Waals surface area contributed by atoms with Crippen molar-refractivity contribution in [3.8, 4) is 11.5 Å². The molecular formula is C19H12Cl4O5S. The van der Waals surface area contributed by atoms with Gasteiger partial charge in [0.05, 0.1) is 15.1 Å². The molecule has 5 nitrogen and oxygen atoms in total. The summed E-state index contributed by atoms with van der Waals surface area (Å²) in [5, 5.41) is 19.3. The van der Waals surface area contributed by atoms with Crippen LogP contribution in [0.3, 0.4) is 0 Å². The molecule has 0 saturated carbocycles. The Kier molecular flexibility index (Phi) is 5.98. The van der Waals surface area contributed by atoms with Gasteiger partial charge in [0.2, 0.25) is 0 Å². The Morgan fingerprint density at radius 1 is 0.759 bits per heavy atom. The maximum Gasteiger partial charge on any atom is 0.283 e. The van der Waals surface area contributed by atoms with Crippen LogP contribution in [0.1, 0.15) is 16.7 Å². The zero-order chi connectivity index (χ0) is 21.6. The maximum absolute atomic E-state index is 13.0. The van der Waals surface area contributed by atoms with Crippen molar-refractivity contribution in [2.75, 3.05) is 0 Å². The monoisotopic (exact) mass is 492 g/mol. The second kappa shape index (κ2) is 7.87.